The molecule has 28 heavy (non-hydrogen) atoms. The summed E-state index contributed by atoms with van der Waals surface area (Å²) >= 11 is 0. The third-order valence-corrected chi connectivity index (χ3v) is 4.40. The first-order valence-corrected chi connectivity index (χ1v) is 9.05. The number of pyridine rings is 2. The first-order chi connectivity index (χ1) is 13.6. The molecular formula is C23H20N4O. The minimum absolute atomic E-state index is 0.175. The minimum Gasteiger partial charge on any atom is -0.338 e. The van der Waals surface area contributed by atoms with Crippen molar-refractivity contribution in [2.45, 2.75) is 13.8 Å². The van der Waals surface area contributed by atoms with E-state index in [1.165, 1.54) is 0 Å². The molecule has 0 unspecified atom stereocenters. The molecule has 0 aliphatic rings. The second-order valence-electron chi connectivity index (χ2n) is 6.77. The molecule has 1 amide bonds. The van der Waals surface area contributed by atoms with E-state index in [0.717, 1.165) is 33.4 Å². The molecule has 0 aliphatic carbocycles. The molecule has 0 spiro atoms. The summed E-state index contributed by atoms with van der Waals surface area (Å²) in [6.07, 6.45) is 3.38. The van der Waals surface area contributed by atoms with Crippen molar-refractivity contribution >= 4 is 34.0 Å². The summed E-state index contributed by atoms with van der Waals surface area (Å²) in [6.45, 7) is 4.02. The average molecular weight is 368 g/mol. The Balaban J connectivity index is 1.58. The van der Waals surface area contributed by atoms with Gasteiger partial charge < -0.3 is 10.6 Å². The molecule has 0 saturated heterocycles. The fourth-order valence-corrected chi connectivity index (χ4v) is 3.23. The summed E-state index contributed by atoms with van der Waals surface area (Å²) in [5, 5.41) is 7.26. The fraction of sp³-hybridized carbons (Fsp3) is 0.0870. The van der Waals surface area contributed by atoms with Crippen LogP contribution in [0.3, 0.4) is 0 Å². The van der Waals surface area contributed by atoms with Crippen LogP contribution in [0.1, 0.15) is 21.5 Å². The molecule has 0 aliphatic heterocycles. The number of anilines is 3. The van der Waals surface area contributed by atoms with Gasteiger partial charge in [0.2, 0.25) is 0 Å². The quantitative estimate of drug-likeness (QED) is 0.517. The number of nitrogens with one attached hydrogen (secondary N) is 2. The minimum atomic E-state index is -0.175. The molecular weight excluding hydrogens is 348 g/mol. The molecule has 4 aromatic rings. The van der Waals surface area contributed by atoms with Crippen molar-refractivity contribution in [1.82, 2.24) is 9.97 Å². The molecule has 0 saturated carbocycles. The Morgan fingerprint density at radius 3 is 2.46 bits per heavy atom. The van der Waals surface area contributed by atoms with Crippen molar-refractivity contribution in [3.63, 3.8) is 0 Å². The predicted octanol–water partition coefficient (Wildman–Crippen LogP) is 5.24. The van der Waals surface area contributed by atoms with Crippen LogP contribution in [0.25, 0.3) is 10.9 Å². The van der Waals surface area contributed by atoms with Gasteiger partial charge in [0.15, 0.2) is 0 Å². The van der Waals surface area contributed by atoms with Gasteiger partial charge in [-0.3, -0.25) is 9.78 Å². The zero-order valence-electron chi connectivity index (χ0n) is 15.7. The van der Waals surface area contributed by atoms with Crippen molar-refractivity contribution in [3.05, 3.63) is 89.7 Å². The second-order valence-corrected chi connectivity index (χ2v) is 6.77. The lowest BCUT2D eigenvalue weighted by Gasteiger charge is -2.10. The number of aromatic nitrogens is 2. The first kappa shape index (κ1) is 17.7. The molecule has 2 aromatic carbocycles. The van der Waals surface area contributed by atoms with E-state index in [4.69, 9.17) is 0 Å². The maximum atomic E-state index is 12.7. The van der Waals surface area contributed by atoms with E-state index in [0.29, 0.717) is 11.4 Å². The largest absolute Gasteiger partial charge is 0.338 e. The van der Waals surface area contributed by atoms with Gasteiger partial charge >= 0.3 is 0 Å². The highest BCUT2D eigenvalue weighted by molar-refractivity contribution is 6.05. The third-order valence-electron chi connectivity index (χ3n) is 4.40. The molecule has 138 valence electrons. The van der Waals surface area contributed by atoms with Crippen molar-refractivity contribution in [3.8, 4) is 0 Å². The van der Waals surface area contributed by atoms with Crippen LogP contribution in [0, 0.1) is 13.8 Å². The number of carbonyl (C=O) groups excluding carboxylic acids is 1. The number of benzene rings is 2. The van der Waals surface area contributed by atoms with Crippen molar-refractivity contribution in [1.29, 1.82) is 0 Å². The zero-order valence-corrected chi connectivity index (χ0v) is 15.7. The standard InChI is InChI=1S/C23H20N4O/c1-15-11-16(2)13-19(12-15)26-23(28)18-8-10-24-21(14-18)27-20-7-3-5-17-6-4-9-25-22(17)20/h3-14H,1-2H3,(H,24,27)(H,26,28). The Hall–Kier alpha value is -3.73. The smallest absolute Gasteiger partial charge is 0.255 e. The molecule has 2 N–H and O–H groups in total. The average Bonchev–Trinajstić information content (AvgIpc) is 2.68. The number of fused-ring (bicyclic) bond motifs is 1. The number of aryl methyl sites for hydroxylation is 2. The lowest BCUT2D eigenvalue weighted by atomic mass is 10.1. The van der Waals surface area contributed by atoms with E-state index < -0.39 is 0 Å². The molecule has 0 bridgehead atoms. The number of hydrogen-bond donors (Lipinski definition) is 2. The molecule has 2 aromatic heterocycles. The van der Waals surface area contributed by atoms with Gasteiger partial charge in [-0.2, -0.15) is 0 Å². The highest BCUT2D eigenvalue weighted by Gasteiger charge is 2.09. The Morgan fingerprint density at radius 2 is 1.64 bits per heavy atom. The topological polar surface area (TPSA) is 66.9 Å². The van der Waals surface area contributed by atoms with E-state index in [2.05, 4.69) is 26.7 Å². The lowest BCUT2D eigenvalue weighted by molar-refractivity contribution is 0.102. The molecule has 4 rings (SSSR count). The van der Waals surface area contributed by atoms with E-state index >= 15 is 0 Å². The van der Waals surface area contributed by atoms with Gasteiger partial charge in [-0.25, -0.2) is 4.98 Å². The van der Waals surface area contributed by atoms with Crippen LogP contribution in [-0.4, -0.2) is 15.9 Å². The van der Waals surface area contributed by atoms with Crippen LogP contribution >= 0.6 is 0 Å². The highest BCUT2D eigenvalue weighted by atomic mass is 16.1. The maximum Gasteiger partial charge on any atom is 0.255 e. The van der Waals surface area contributed by atoms with Gasteiger partial charge in [-0.05, 0) is 61.4 Å². The number of carbonyl (C=O) groups is 1. The van der Waals surface area contributed by atoms with E-state index in [-0.39, 0.29) is 5.91 Å². The number of amides is 1. The Morgan fingerprint density at radius 1 is 0.857 bits per heavy atom. The monoisotopic (exact) mass is 368 g/mol. The number of nitrogens with zero attached hydrogens (tertiary/aromatic N) is 2. The summed E-state index contributed by atoms with van der Waals surface area (Å²) in [4.78, 5) is 21.5. The van der Waals surface area contributed by atoms with E-state index in [1.54, 1.807) is 24.5 Å². The fourth-order valence-electron chi connectivity index (χ4n) is 3.23. The van der Waals surface area contributed by atoms with Crippen molar-refractivity contribution in [2.24, 2.45) is 0 Å². The van der Waals surface area contributed by atoms with Crippen LogP contribution in [0.15, 0.2) is 73.1 Å². The molecule has 0 fully saturated rings. The normalized spacial score (nSPS) is 10.6. The molecule has 5 nitrogen and oxygen atoms in total. The van der Waals surface area contributed by atoms with Gasteiger partial charge in [0.05, 0.1) is 11.2 Å². The zero-order chi connectivity index (χ0) is 19.5. The maximum absolute atomic E-state index is 12.7. The van der Waals surface area contributed by atoms with Crippen LogP contribution in [0.5, 0.6) is 0 Å². The van der Waals surface area contributed by atoms with Gasteiger partial charge in [0, 0.05) is 29.0 Å². The molecule has 0 radical (unpaired) electrons. The van der Waals surface area contributed by atoms with E-state index in [9.17, 15) is 4.79 Å². The summed E-state index contributed by atoms with van der Waals surface area (Å²) in [7, 11) is 0. The summed E-state index contributed by atoms with van der Waals surface area (Å²) < 4.78 is 0. The van der Waals surface area contributed by atoms with Gasteiger partial charge in [-0.15, -0.1) is 0 Å². The highest BCUT2D eigenvalue weighted by Crippen LogP contribution is 2.24. The van der Waals surface area contributed by atoms with Gasteiger partial charge in [0.25, 0.3) is 5.91 Å². The Labute approximate surface area is 163 Å². The molecule has 5 heteroatoms. The third kappa shape index (κ3) is 3.83. The Kier molecular flexibility index (Phi) is 4.72. The van der Waals surface area contributed by atoms with Crippen LogP contribution in [0.4, 0.5) is 17.2 Å². The van der Waals surface area contributed by atoms with Crippen LogP contribution in [0.2, 0.25) is 0 Å². The summed E-state index contributed by atoms with van der Waals surface area (Å²) in [5.41, 5.74) is 5.23. The van der Waals surface area contributed by atoms with E-state index in [1.807, 2.05) is 56.3 Å². The van der Waals surface area contributed by atoms with Gasteiger partial charge in [0.1, 0.15) is 5.82 Å². The Bertz CT molecular complexity index is 1140. The molecule has 0 atom stereocenters. The molecule has 2 heterocycles. The van der Waals surface area contributed by atoms with Gasteiger partial charge in [-0.1, -0.05) is 24.3 Å². The summed E-state index contributed by atoms with van der Waals surface area (Å²) in [6, 6.07) is 19.2. The predicted molar refractivity (Wildman–Crippen MR) is 113 cm³/mol. The van der Waals surface area contributed by atoms with Crippen molar-refractivity contribution < 1.29 is 4.79 Å². The number of para-hydroxylation sites is 1. The van der Waals surface area contributed by atoms with Crippen LogP contribution < -0.4 is 10.6 Å². The SMILES string of the molecule is Cc1cc(C)cc(NC(=O)c2ccnc(Nc3cccc4cccnc34)c2)c1. The number of hydrogen-bond acceptors (Lipinski definition) is 4. The first-order valence-electron chi connectivity index (χ1n) is 9.05. The summed E-state index contributed by atoms with van der Waals surface area (Å²) in [5.74, 6) is 0.415. The van der Waals surface area contributed by atoms with Crippen LogP contribution in [-0.2, 0) is 0 Å². The number of rotatable bonds is 4. The lowest BCUT2D eigenvalue weighted by Crippen LogP contribution is -2.12. The van der Waals surface area contributed by atoms with Crippen molar-refractivity contribution in [2.75, 3.05) is 10.6 Å². The second kappa shape index (κ2) is 7.48.